The van der Waals surface area contributed by atoms with Gasteiger partial charge in [-0.3, -0.25) is 9.59 Å². The molecule has 0 saturated heterocycles. The largest absolute Gasteiger partial charge is 0.490 e. The minimum absolute atomic E-state index is 0.00712. The lowest BCUT2D eigenvalue weighted by molar-refractivity contribution is -0.192. The highest BCUT2D eigenvalue weighted by atomic mass is 32.1. The Labute approximate surface area is 186 Å². The molecule has 3 unspecified atom stereocenters. The van der Waals surface area contributed by atoms with E-state index in [0.29, 0.717) is 11.6 Å². The summed E-state index contributed by atoms with van der Waals surface area (Å²) < 4.78 is 33.6. The number of carbonyl (C=O) groups is 3. The first kappa shape index (κ1) is 27.0. The number of imidazole rings is 1. The van der Waals surface area contributed by atoms with E-state index in [2.05, 4.69) is 25.8 Å². The number of halogens is 3. The standard InChI is InChI=1S/C16H24N6O2S.C2HF3O2/c1-5-14-20-21-16(25-14)19-15(24)11(3)12(4)18-13(23)8-10(2)22-7-6-17-9-22;3-2(4,5)1(6)7/h6-7,9-12H,5,8H2,1-4H3,(H,18,23)(H,19,21,24);(H,6,7). The van der Waals surface area contributed by atoms with E-state index in [-0.39, 0.29) is 29.8 Å². The number of rotatable bonds is 8. The molecule has 0 bridgehead atoms. The van der Waals surface area contributed by atoms with E-state index in [0.717, 1.165) is 11.4 Å². The highest BCUT2D eigenvalue weighted by Gasteiger charge is 2.38. The molecular weight excluding hydrogens is 453 g/mol. The number of hydrogen-bond donors (Lipinski definition) is 3. The third kappa shape index (κ3) is 8.99. The van der Waals surface area contributed by atoms with Gasteiger partial charge in [0.1, 0.15) is 5.01 Å². The van der Waals surface area contributed by atoms with E-state index in [9.17, 15) is 22.8 Å². The van der Waals surface area contributed by atoms with Crippen LogP contribution in [-0.4, -0.2) is 54.9 Å². The highest BCUT2D eigenvalue weighted by Crippen LogP contribution is 2.17. The summed E-state index contributed by atoms with van der Waals surface area (Å²) in [6, 6.07) is -0.284. The molecule has 2 rings (SSSR count). The quantitative estimate of drug-likeness (QED) is 0.530. The average molecular weight is 478 g/mol. The number of aromatic nitrogens is 4. The summed E-state index contributed by atoms with van der Waals surface area (Å²) >= 11 is 1.36. The number of anilines is 1. The summed E-state index contributed by atoms with van der Waals surface area (Å²) in [5, 5.41) is 22.0. The SMILES string of the molecule is CCc1nnc(NC(=O)C(C)C(C)NC(=O)CC(C)n2ccnc2)s1.O=C(O)C(F)(F)F. The van der Waals surface area contributed by atoms with Crippen LogP contribution in [-0.2, 0) is 20.8 Å². The first-order valence-electron chi connectivity index (χ1n) is 9.55. The lowest BCUT2D eigenvalue weighted by atomic mass is 10.0. The zero-order valence-corrected chi connectivity index (χ0v) is 18.7. The van der Waals surface area contributed by atoms with Crippen LogP contribution in [0.4, 0.5) is 18.3 Å². The summed E-state index contributed by atoms with van der Waals surface area (Å²) in [5.74, 6) is -3.43. The number of aliphatic carboxylic acids is 1. The van der Waals surface area contributed by atoms with Crippen LogP contribution >= 0.6 is 11.3 Å². The van der Waals surface area contributed by atoms with Crippen molar-refractivity contribution in [2.75, 3.05) is 5.32 Å². The maximum absolute atomic E-state index is 12.3. The number of carbonyl (C=O) groups excluding carboxylic acids is 2. The normalized spacial score (nSPS) is 13.8. The lowest BCUT2D eigenvalue weighted by Gasteiger charge is -2.21. The third-order valence-corrected chi connectivity index (χ3v) is 5.29. The fourth-order valence-corrected chi connectivity index (χ4v) is 2.92. The van der Waals surface area contributed by atoms with Gasteiger partial charge >= 0.3 is 12.1 Å². The molecule has 2 amide bonds. The molecule has 3 atom stereocenters. The molecule has 0 aliphatic heterocycles. The second-order valence-electron chi connectivity index (χ2n) is 6.85. The number of nitrogens with zero attached hydrogens (tertiary/aromatic N) is 4. The molecule has 0 saturated carbocycles. The number of hydrogen-bond acceptors (Lipinski definition) is 7. The van der Waals surface area contributed by atoms with Crippen molar-refractivity contribution >= 4 is 34.3 Å². The van der Waals surface area contributed by atoms with Crippen molar-refractivity contribution in [1.82, 2.24) is 25.1 Å². The number of aryl methyl sites for hydroxylation is 1. The molecule has 0 spiro atoms. The monoisotopic (exact) mass is 478 g/mol. The summed E-state index contributed by atoms with van der Waals surface area (Å²) in [4.78, 5) is 37.4. The summed E-state index contributed by atoms with van der Waals surface area (Å²) in [6.07, 6.45) is 1.21. The number of alkyl halides is 3. The summed E-state index contributed by atoms with van der Waals surface area (Å²) in [5.41, 5.74) is 0. The molecule has 32 heavy (non-hydrogen) atoms. The minimum Gasteiger partial charge on any atom is -0.475 e. The Hall–Kier alpha value is -3.03. The molecule has 0 radical (unpaired) electrons. The van der Waals surface area contributed by atoms with Crippen LogP contribution in [0.15, 0.2) is 18.7 Å². The van der Waals surface area contributed by atoms with Gasteiger partial charge in [-0.15, -0.1) is 10.2 Å². The molecule has 10 nitrogen and oxygen atoms in total. The lowest BCUT2D eigenvalue weighted by Crippen LogP contribution is -2.42. The number of amides is 2. The van der Waals surface area contributed by atoms with Gasteiger partial charge in [-0.1, -0.05) is 25.2 Å². The van der Waals surface area contributed by atoms with Crippen molar-refractivity contribution in [1.29, 1.82) is 0 Å². The Morgan fingerprint density at radius 1 is 1.22 bits per heavy atom. The zero-order valence-electron chi connectivity index (χ0n) is 17.9. The predicted octanol–water partition coefficient (Wildman–Crippen LogP) is 2.66. The molecule has 0 aromatic carbocycles. The third-order valence-electron chi connectivity index (χ3n) is 4.31. The van der Waals surface area contributed by atoms with Crippen LogP contribution in [0.25, 0.3) is 0 Å². The van der Waals surface area contributed by atoms with Gasteiger partial charge in [0.2, 0.25) is 16.9 Å². The van der Waals surface area contributed by atoms with E-state index in [1.165, 1.54) is 11.3 Å². The van der Waals surface area contributed by atoms with Gasteiger partial charge in [0.25, 0.3) is 0 Å². The Kier molecular flexibility index (Phi) is 10.2. The number of carboxylic acids is 1. The van der Waals surface area contributed by atoms with Crippen molar-refractivity contribution in [2.45, 2.75) is 58.8 Å². The maximum atomic E-state index is 12.3. The second-order valence-corrected chi connectivity index (χ2v) is 7.92. The van der Waals surface area contributed by atoms with E-state index < -0.39 is 12.1 Å². The van der Waals surface area contributed by atoms with Crippen LogP contribution < -0.4 is 10.6 Å². The van der Waals surface area contributed by atoms with Crippen LogP contribution in [0.5, 0.6) is 0 Å². The van der Waals surface area contributed by atoms with E-state index in [4.69, 9.17) is 9.90 Å². The van der Waals surface area contributed by atoms with Gasteiger partial charge < -0.3 is 20.3 Å². The van der Waals surface area contributed by atoms with Crippen molar-refractivity contribution in [3.05, 3.63) is 23.7 Å². The molecule has 0 aliphatic carbocycles. The molecule has 2 aromatic heterocycles. The van der Waals surface area contributed by atoms with Gasteiger partial charge in [-0.2, -0.15) is 13.2 Å². The fraction of sp³-hybridized carbons (Fsp3) is 0.556. The first-order valence-corrected chi connectivity index (χ1v) is 10.4. The zero-order chi connectivity index (χ0) is 24.5. The number of carboxylic acid groups (broad SMARTS) is 1. The smallest absolute Gasteiger partial charge is 0.475 e. The molecule has 3 N–H and O–H groups in total. The summed E-state index contributed by atoms with van der Waals surface area (Å²) in [6.45, 7) is 7.53. The molecule has 2 heterocycles. The van der Waals surface area contributed by atoms with E-state index in [1.54, 1.807) is 19.4 Å². The molecule has 178 valence electrons. The van der Waals surface area contributed by atoms with Gasteiger partial charge in [-0.25, -0.2) is 9.78 Å². The molecule has 0 fully saturated rings. The molecule has 0 aliphatic rings. The first-order chi connectivity index (χ1) is 14.8. The van der Waals surface area contributed by atoms with Gasteiger partial charge in [-0.05, 0) is 20.3 Å². The minimum atomic E-state index is -5.08. The van der Waals surface area contributed by atoms with Crippen molar-refractivity contribution in [2.24, 2.45) is 5.92 Å². The van der Waals surface area contributed by atoms with Gasteiger partial charge in [0, 0.05) is 30.9 Å². The Bertz CT molecular complexity index is 888. The Morgan fingerprint density at radius 2 is 1.84 bits per heavy atom. The Balaban J connectivity index is 0.000000633. The topological polar surface area (TPSA) is 139 Å². The van der Waals surface area contributed by atoms with Crippen molar-refractivity contribution in [3.8, 4) is 0 Å². The highest BCUT2D eigenvalue weighted by molar-refractivity contribution is 7.15. The molecule has 14 heteroatoms. The average Bonchev–Trinajstić information content (AvgIpc) is 3.38. The second kappa shape index (κ2) is 12.1. The van der Waals surface area contributed by atoms with Crippen LogP contribution in [0.1, 0.15) is 45.2 Å². The fourth-order valence-electron chi connectivity index (χ4n) is 2.24. The van der Waals surface area contributed by atoms with E-state index in [1.807, 2.05) is 31.5 Å². The molecular formula is C18H25F3N6O4S. The van der Waals surface area contributed by atoms with Crippen LogP contribution in [0, 0.1) is 5.92 Å². The van der Waals surface area contributed by atoms with E-state index >= 15 is 0 Å². The van der Waals surface area contributed by atoms with Gasteiger partial charge in [0.05, 0.1) is 12.2 Å². The van der Waals surface area contributed by atoms with Crippen LogP contribution in [0.3, 0.4) is 0 Å². The maximum Gasteiger partial charge on any atom is 0.490 e. The van der Waals surface area contributed by atoms with Gasteiger partial charge in [0.15, 0.2) is 0 Å². The molecule has 2 aromatic rings. The number of nitrogens with one attached hydrogen (secondary N) is 2. The van der Waals surface area contributed by atoms with Crippen molar-refractivity contribution < 1.29 is 32.7 Å². The van der Waals surface area contributed by atoms with Crippen LogP contribution in [0.2, 0.25) is 0 Å². The summed E-state index contributed by atoms with van der Waals surface area (Å²) in [7, 11) is 0. The predicted molar refractivity (Wildman–Crippen MR) is 110 cm³/mol. The van der Waals surface area contributed by atoms with Crippen molar-refractivity contribution in [3.63, 3.8) is 0 Å². The Morgan fingerprint density at radius 3 is 2.31 bits per heavy atom.